The van der Waals surface area contributed by atoms with E-state index in [2.05, 4.69) is 58.3 Å². The number of hydrogen-bond donors (Lipinski definition) is 0. The number of sulfone groups is 1. The van der Waals surface area contributed by atoms with Crippen molar-refractivity contribution < 1.29 is 8.42 Å². The molecular formula is C32H36N2O2S. The summed E-state index contributed by atoms with van der Waals surface area (Å²) in [5.74, 6) is 0.300. The second kappa shape index (κ2) is 13.9. The van der Waals surface area contributed by atoms with Gasteiger partial charge in [-0.2, -0.15) is 0 Å². The van der Waals surface area contributed by atoms with E-state index in [4.69, 9.17) is 0 Å². The summed E-state index contributed by atoms with van der Waals surface area (Å²) >= 11 is 0. The van der Waals surface area contributed by atoms with Gasteiger partial charge < -0.3 is 0 Å². The summed E-state index contributed by atoms with van der Waals surface area (Å²) in [5.41, 5.74) is 4.75. The van der Waals surface area contributed by atoms with E-state index in [1.165, 1.54) is 22.3 Å². The van der Waals surface area contributed by atoms with Crippen LogP contribution in [0.3, 0.4) is 0 Å². The Balaban J connectivity index is 1.38. The smallest absolute Gasteiger partial charge is 0.152 e. The number of rotatable bonds is 14. The molecule has 0 aromatic heterocycles. The Kier molecular flexibility index (Phi) is 10.1. The molecule has 0 saturated carbocycles. The lowest BCUT2D eigenvalue weighted by Gasteiger charge is -2.24. The molecule has 0 radical (unpaired) electrons. The first kappa shape index (κ1) is 26.8. The molecule has 0 bridgehead atoms. The summed E-state index contributed by atoms with van der Waals surface area (Å²) in [5, 5.41) is 0. The summed E-state index contributed by atoms with van der Waals surface area (Å²) in [6.07, 6.45) is 0. The van der Waals surface area contributed by atoms with Crippen molar-refractivity contribution in [3.63, 3.8) is 0 Å². The topological polar surface area (TPSA) is 40.6 Å². The van der Waals surface area contributed by atoms with E-state index in [9.17, 15) is 8.42 Å². The van der Waals surface area contributed by atoms with Gasteiger partial charge in [-0.25, -0.2) is 8.42 Å². The van der Waals surface area contributed by atoms with Crippen LogP contribution < -0.4 is 0 Å². The summed E-state index contributed by atoms with van der Waals surface area (Å²) < 4.78 is 26.4. The quantitative estimate of drug-likeness (QED) is 0.214. The molecule has 0 amide bonds. The standard InChI is InChI=1S/C32H36N2O2S/c35-37(36,23-21-33(25-29-13-5-1-6-14-29)26-30-15-7-2-8-16-30)24-22-34(27-31-17-9-3-10-18-31)28-32-19-11-4-12-20-32/h1-20H,21-28H2. The van der Waals surface area contributed by atoms with Crippen molar-refractivity contribution in [2.75, 3.05) is 24.6 Å². The van der Waals surface area contributed by atoms with Gasteiger partial charge in [-0.05, 0) is 22.3 Å². The molecule has 0 fully saturated rings. The first-order chi connectivity index (χ1) is 18.1. The molecule has 0 atom stereocenters. The molecule has 37 heavy (non-hydrogen) atoms. The number of hydrogen-bond acceptors (Lipinski definition) is 4. The number of nitrogens with zero attached hydrogens (tertiary/aromatic N) is 2. The highest BCUT2D eigenvalue weighted by Crippen LogP contribution is 2.13. The van der Waals surface area contributed by atoms with Crippen molar-refractivity contribution in [2.24, 2.45) is 0 Å². The molecule has 5 heteroatoms. The van der Waals surface area contributed by atoms with Crippen LogP contribution in [0.1, 0.15) is 22.3 Å². The van der Waals surface area contributed by atoms with Gasteiger partial charge in [0, 0.05) is 39.3 Å². The Labute approximate surface area is 222 Å². The summed E-state index contributed by atoms with van der Waals surface area (Å²) in [6, 6.07) is 41.0. The zero-order valence-corrected chi connectivity index (χ0v) is 22.1. The Hall–Kier alpha value is -3.25. The molecule has 0 aliphatic carbocycles. The van der Waals surface area contributed by atoms with Gasteiger partial charge in [0.25, 0.3) is 0 Å². The summed E-state index contributed by atoms with van der Waals surface area (Å²) in [4.78, 5) is 4.46. The average Bonchev–Trinajstić information content (AvgIpc) is 2.93. The molecule has 0 aliphatic heterocycles. The lowest BCUT2D eigenvalue weighted by atomic mass is 10.1. The van der Waals surface area contributed by atoms with Gasteiger partial charge in [-0.3, -0.25) is 9.80 Å². The second-order valence-corrected chi connectivity index (χ2v) is 11.8. The van der Waals surface area contributed by atoms with Gasteiger partial charge >= 0.3 is 0 Å². The maximum Gasteiger partial charge on any atom is 0.152 e. The predicted octanol–water partition coefficient (Wildman–Crippen LogP) is 5.81. The monoisotopic (exact) mass is 512 g/mol. The predicted molar refractivity (Wildman–Crippen MR) is 153 cm³/mol. The fourth-order valence-electron chi connectivity index (χ4n) is 4.43. The SMILES string of the molecule is O=S(=O)(CCN(Cc1ccccc1)Cc1ccccc1)CCN(Cc1ccccc1)Cc1ccccc1. The van der Waals surface area contributed by atoms with Crippen LogP contribution in [0.4, 0.5) is 0 Å². The lowest BCUT2D eigenvalue weighted by Crippen LogP contribution is -2.33. The number of benzene rings is 4. The van der Waals surface area contributed by atoms with Crippen molar-refractivity contribution in [1.29, 1.82) is 0 Å². The van der Waals surface area contributed by atoms with E-state index in [1.54, 1.807) is 0 Å². The summed E-state index contributed by atoms with van der Waals surface area (Å²) in [6.45, 7) is 3.89. The molecule has 0 spiro atoms. The van der Waals surface area contributed by atoms with Crippen LogP contribution in [0.15, 0.2) is 121 Å². The van der Waals surface area contributed by atoms with E-state index in [-0.39, 0.29) is 11.5 Å². The highest BCUT2D eigenvalue weighted by atomic mass is 32.2. The second-order valence-electron chi connectivity index (χ2n) is 9.52. The van der Waals surface area contributed by atoms with Gasteiger partial charge in [0.2, 0.25) is 0 Å². The maximum atomic E-state index is 13.2. The van der Waals surface area contributed by atoms with Crippen molar-refractivity contribution in [1.82, 2.24) is 9.80 Å². The molecule has 4 nitrogen and oxygen atoms in total. The minimum absolute atomic E-state index is 0.150. The lowest BCUT2D eigenvalue weighted by molar-refractivity contribution is 0.268. The normalized spacial score (nSPS) is 11.7. The molecule has 0 heterocycles. The largest absolute Gasteiger partial charge is 0.294 e. The molecule has 4 aromatic carbocycles. The Morgan fingerprint density at radius 2 is 0.649 bits per heavy atom. The van der Waals surface area contributed by atoms with Gasteiger partial charge in [0.1, 0.15) is 0 Å². The minimum Gasteiger partial charge on any atom is -0.294 e. The van der Waals surface area contributed by atoms with Crippen molar-refractivity contribution >= 4 is 9.84 Å². The Morgan fingerprint density at radius 1 is 0.405 bits per heavy atom. The molecule has 0 N–H and O–H groups in total. The van der Waals surface area contributed by atoms with Crippen LogP contribution in [-0.2, 0) is 36.0 Å². The zero-order chi connectivity index (χ0) is 25.8. The first-order valence-corrected chi connectivity index (χ1v) is 14.7. The third kappa shape index (κ3) is 9.62. The van der Waals surface area contributed by atoms with Crippen LogP contribution in [0.25, 0.3) is 0 Å². The van der Waals surface area contributed by atoms with Gasteiger partial charge in [0.15, 0.2) is 9.84 Å². The van der Waals surface area contributed by atoms with Crippen molar-refractivity contribution in [2.45, 2.75) is 26.2 Å². The van der Waals surface area contributed by atoms with E-state index < -0.39 is 9.84 Å². The van der Waals surface area contributed by atoms with Gasteiger partial charge in [-0.15, -0.1) is 0 Å². The zero-order valence-electron chi connectivity index (χ0n) is 21.3. The van der Waals surface area contributed by atoms with Crippen LogP contribution in [0, 0.1) is 0 Å². The van der Waals surface area contributed by atoms with E-state index in [0.29, 0.717) is 13.1 Å². The van der Waals surface area contributed by atoms with Gasteiger partial charge in [-0.1, -0.05) is 121 Å². The maximum absolute atomic E-state index is 13.2. The summed E-state index contributed by atoms with van der Waals surface area (Å²) in [7, 11) is -3.22. The highest BCUT2D eigenvalue weighted by molar-refractivity contribution is 7.91. The van der Waals surface area contributed by atoms with Gasteiger partial charge in [0.05, 0.1) is 11.5 Å². The third-order valence-electron chi connectivity index (χ3n) is 6.43. The molecular weight excluding hydrogens is 476 g/mol. The minimum atomic E-state index is -3.22. The Bertz CT molecular complexity index is 1100. The van der Waals surface area contributed by atoms with Crippen molar-refractivity contribution in [3.8, 4) is 0 Å². The van der Waals surface area contributed by atoms with Crippen LogP contribution >= 0.6 is 0 Å². The fourth-order valence-corrected chi connectivity index (χ4v) is 5.71. The van der Waals surface area contributed by atoms with Crippen LogP contribution in [0.2, 0.25) is 0 Å². The molecule has 0 aliphatic rings. The Morgan fingerprint density at radius 3 is 0.892 bits per heavy atom. The molecule has 4 aromatic rings. The molecule has 192 valence electrons. The van der Waals surface area contributed by atoms with Crippen LogP contribution in [0.5, 0.6) is 0 Å². The van der Waals surface area contributed by atoms with Crippen LogP contribution in [-0.4, -0.2) is 42.8 Å². The first-order valence-electron chi connectivity index (χ1n) is 12.9. The third-order valence-corrected chi connectivity index (χ3v) is 8.04. The van der Waals surface area contributed by atoms with E-state index in [0.717, 1.165) is 26.2 Å². The van der Waals surface area contributed by atoms with Crippen molar-refractivity contribution in [3.05, 3.63) is 144 Å². The van der Waals surface area contributed by atoms with E-state index >= 15 is 0 Å². The van der Waals surface area contributed by atoms with E-state index in [1.807, 2.05) is 72.8 Å². The highest BCUT2D eigenvalue weighted by Gasteiger charge is 2.17. The molecule has 0 saturated heterocycles. The molecule has 0 unspecified atom stereocenters. The average molecular weight is 513 g/mol. The fraction of sp³-hybridized carbons (Fsp3) is 0.250. The molecule has 4 rings (SSSR count).